The van der Waals surface area contributed by atoms with E-state index in [0.717, 1.165) is 35.7 Å². The molecule has 0 aliphatic carbocycles. The van der Waals surface area contributed by atoms with Gasteiger partial charge in [0.25, 0.3) is 5.91 Å². The Labute approximate surface area is 184 Å². The number of aromatic nitrogens is 1. The lowest BCUT2D eigenvalue weighted by Gasteiger charge is -2.32. The van der Waals surface area contributed by atoms with Crippen LogP contribution >= 0.6 is 12.4 Å². The van der Waals surface area contributed by atoms with Crippen molar-refractivity contribution in [1.29, 1.82) is 0 Å². The van der Waals surface area contributed by atoms with Gasteiger partial charge in [-0.05, 0) is 57.0 Å². The molecular weight excluding hydrogens is 404 g/mol. The SMILES string of the molecule is COc1ccc(-n2c(C)cc(C(=O)N3CCCC(C(=O)NCCN)C3)c2C)cc1.Cl. The van der Waals surface area contributed by atoms with E-state index in [0.29, 0.717) is 31.7 Å². The first-order chi connectivity index (χ1) is 14.0. The molecule has 1 fully saturated rings. The molecule has 2 aromatic rings. The molecule has 7 nitrogen and oxygen atoms in total. The fraction of sp³-hybridized carbons (Fsp3) is 0.455. The minimum atomic E-state index is -0.177. The number of nitrogens with one attached hydrogen (secondary N) is 1. The second-order valence-electron chi connectivity index (χ2n) is 7.49. The van der Waals surface area contributed by atoms with Crippen LogP contribution in [0.4, 0.5) is 0 Å². The Morgan fingerprint density at radius 2 is 1.93 bits per heavy atom. The molecule has 0 spiro atoms. The van der Waals surface area contributed by atoms with Gasteiger partial charge in [-0.3, -0.25) is 9.59 Å². The van der Waals surface area contributed by atoms with Crippen LogP contribution in [0.5, 0.6) is 5.75 Å². The van der Waals surface area contributed by atoms with Gasteiger partial charge >= 0.3 is 0 Å². The van der Waals surface area contributed by atoms with Crippen molar-refractivity contribution >= 4 is 24.2 Å². The second kappa shape index (κ2) is 10.5. The lowest BCUT2D eigenvalue weighted by molar-refractivity contribution is -0.126. The second-order valence-corrected chi connectivity index (χ2v) is 7.49. The van der Waals surface area contributed by atoms with Crippen molar-refractivity contribution < 1.29 is 14.3 Å². The van der Waals surface area contributed by atoms with Crippen molar-refractivity contribution in [3.05, 3.63) is 47.3 Å². The Balaban J connectivity index is 0.00000320. The zero-order chi connectivity index (χ0) is 21.0. The topological polar surface area (TPSA) is 89.6 Å². The molecule has 3 rings (SSSR count). The zero-order valence-electron chi connectivity index (χ0n) is 17.8. The van der Waals surface area contributed by atoms with E-state index in [1.807, 2.05) is 44.2 Å². The van der Waals surface area contributed by atoms with E-state index in [1.54, 1.807) is 12.0 Å². The number of nitrogens with zero attached hydrogens (tertiary/aromatic N) is 2. The number of carbonyl (C=O) groups excluding carboxylic acids is 2. The van der Waals surface area contributed by atoms with Crippen LogP contribution in [0.15, 0.2) is 30.3 Å². The average molecular weight is 435 g/mol. The maximum Gasteiger partial charge on any atom is 0.255 e. The summed E-state index contributed by atoms with van der Waals surface area (Å²) in [5.74, 6) is 0.579. The molecule has 1 atom stereocenters. The van der Waals surface area contributed by atoms with Gasteiger partial charge in [-0.25, -0.2) is 0 Å². The van der Waals surface area contributed by atoms with E-state index in [1.165, 1.54) is 0 Å². The standard InChI is InChI=1S/C22H30N4O3.ClH/c1-15-13-20(16(2)26(15)18-6-8-19(29-3)9-7-18)22(28)25-12-4-5-17(14-25)21(27)24-11-10-23;/h6-9,13,17H,4-5,10-12,14,23H2,1-3H3,(H,24,27);1H. The van der Waals surface area contributed by atoms with E-state index in [-0.39, 0.29) is 30.1 Å². The van der Waals surface area contributed by atoms with Crippen LogP contribution in [0, 0.1) is 19.8 Å². The van der Waals surface area contributed by atoms with Gasteiger partial charge < -0.3 is 25.3 Å². The van der Waals surface area contributed by atoms with Crippen LogP contribution in [0.1, 0.15) is 34.6 Å². The highest BCUT2D eigenvalue weighted by molar-refractivity contribution is 5.96. The molecule has 1 aliphatic heterocycles. The molecule has 1 aromatic carbocycles. The summed E-state index contributed by atoms with van der Waals surface area (Å²) in [4.78, 5) is 27.3. The Hall–Kier alpha value is -2.51. The molecule has 0 saturated carbocycles. The molecule has 30 heavy (non-hydrogen) atoms. The molecule has 8 heteroatoms. The van der Waals surface area contributed by atoms with E-state index < -0.39 is 0 Å². The van der Waals surface area contributed by atoms with Crippen LogP contribution in [-0.4, -0.2) is 54.6 Å². The number of carbonyl (C=O) groups is 2. The average Bonchev–Trinajstić information content (AvgIpc) is 3.05. The van der Waals surface area contributed by atoms with Crippen LogP contribution in [-0.2, 0) is 4.79 Å². The number of halogens is 1. The summed E-state index contributed by atoms with van der Waals surface area (Å²) in [5, 5.41) is 2.84. The van der Waals surface area contributed by atoms with Gasteiger partial charge in [0.1, 0.15) is 5.75 Å². The Morgan fingerprint density at radius 3 is 2.57 bits per heavy atom. The number of ether oxygens (including phenoxy) is 1. The van der Waals surface area contributed by atoms with Gasteiger partial charge in [0, 0.05) is 43.3 Å². The first-order valence-corrected chi connectivity index (χ1v) is 10.1. The largest absolute Gasteiger partial charge is 0.497 e. The van der Waals surface area contributed by atoms with Crippen LogP contribution in [0.2, 0.25) is 0 Å². The molecule has 0 bridgehead atoms. The summed E-state index contributed by atoms with van der Waals surface area (Å²) < 4.78 is 7.30. The Morgan fingerprint density at radius 1 is 1.23 bits per heavy atom. The smallest absolute Gasteiger partial charge is 0.255 e. The number of rotatable bonds is 6. The minimum absolute atomic E-state index is 0. The van der Waals surface area contributed by atoms with Gasteiger partial charge in [0.05, 0.1) is 18.6 Å². The minimum Gasteiger partial charge on any atom is -0.497 e. The van der Waals surface area contributed by atoms with E-state index >= 15 is 0 Å². The van der Waals surface area contributed by atoms with Gasteiger partial charge in [-0.1, -0.05) is 0 Å². The van der Waals surface area contributed by atoms with E-state index in [9.17, 15) is 9.59 Å². The maximum absolute atomic E-state index is 13.2. The fourth-order valence-electron chi connectivity index (χ4n) is 3.99. The van der Waals surface area contributed by atoms with Gasteiger partial charge in [0.2, 0.25) is 5.91 Å². The molecule has 1 unspecified atom stereocenters. The molecule has 164 valence electrons. The Kier molecular flexibility index (Phi) is 8.32. The number of hydrogen-bond acceptors (Lipinski definition) is 4. The third-order valence-corrected chi connectivity index (χ3v) is 5.52. The highest BCUT2D eigenvalue weighted by Gasteiger charge is 2.30. The molecule has 1 aliphatic rings. The summed E-state index contributed by atoms with van der Waals surface area (Å²) in [6, 6.07) is 9.70. The summed E-state index contributed by atoms with van der Waals surface area (Å²) in [7, 11) is 1.64. The highest BCUT2D eigenvalue weighted by atomic mass is 35.5. The first kappa shape index (κ1) is 23.8. The summed E-state index contributed by atoms with van der Waals surface area (Å²) >= 11 is 0. The monoisotopic (exact) mass is 434 g/mol. The third-order valence-electron chi connectivity index (χ3n) is 5.52. The molecule has 1 aromatic heterocycles. The number of aryl methyl sites for hydroxylation is 1. The lowest BCUT2D eigenvalue weighted by atomic mass is 9.96. The molecule has 0 radical (unpaired) electrons. The molecular formula is C22H31ClN4O3. The molecule has 2 heterocycles. The molecule has 2 amide bonds. The number of benzene rings is 1. The number of hydrogen-bond donors (Lipinski definition) is 2. The highest BCUT2D eigenvalue weighted by Crippen LogP contribution is 2.25. The molecule has 1 saturated heterocycles. The van der Waals surface area contributed by atoms with Crippen molar-refractivity contribution in [2.75, 3.05) is 33.3 Å². The van der Waals surface area contributed by atoms with Gasteiger partial charge in [0.15, 0.2) is 0 Å². The summed E-state index contributed by atoms with van der Waals surface area (Å²) in [6.07, 6.45) is 1.62. The van der Waals surface area contributed by atoms with Crippen molar-refractivity contribution in [3.63, 3.8) is 0 Å². The molecule has 3 N–H and O–H groups in total. The summed E-state index contributed by atoms with van der Waals surface area (Å²) in [5.41, 5.74) is 9.02. The predicted molar refractivity (Wildman–Crippen MR) is 120 cm³/mol. The van der Waals surface area contributed by atoms with E-state index in [4.69, 9.17) is 10.5 Å². The lowest BCUT2D eigenvalue weighted by Crippen LogP contribution is -2.46. The fourth-order valence-corrected chi connectivity index (χ4v) is 3.99. The number of amides is 2. The van der Waals surface area contributed by atoms with Crippen molar-refractivity contribution in [3.8, 4) is 11.4 Å². The predicted octanol–water partition coefficient (Wildman–Crippen LogP) is 2.45. The van der Waals surface area contributed by atoms with Crippen molar-refractivity contribution in [1.82, 2.24) is 14.8 Å². The normalized spacial score (nSPS) is 16.0. The van der Waals surface area contributed by atoms with Gasteiger partial charge in [-0.2, -0.15) is 0 Å². The van der Waals surface area contributed by atoms with Gasteiger partial charge in [-0.15, -0.1) is 12.4 Å². The number of nitrogens with two attached hydrogens (primary N) is 1. The Bertz CT molecular complexity index is 879. The third kappa shape index (κ3) is 4.96. The van der Waals surface area contributed by atoms with Crippen LogP contribution in [0.3, 0.4) is 0 Å². The van der Waals surface area contributed by atoms with Crippen molar-refractivity contribution in [2.45, 2.75) is 26.7 Å². The first-order valence-electron chi connectivity index (χ1n) is 10.1. The summed E-state index contributed by atoms with van der Waals surface area (Å²) in [6.45, 7) is 5.95. The van der Waals surface area contributed by atoms with Crippen LogP contribution in [0.25, 0.3) is 5.69 Å². The number of piperidine rings is 1. The zero-order valence-corrected chi connectivity index (χ0v) is 18.6. The maximum atomic E-state index is 13.2. The number of methoxy groups -OCH3 is 1. The van der Waals surface area contributed by atoms with E-state index in [2.05, 4.69) is 9.88 Å². The van der Waals surface area contributed by atoms with Crippen LogP contribution < -0.4 is 15.8 Å². The number of likely N-dealkylation sites (tertiary alicyclic amines) is 1. The van der Waals surface area contributed by atoms with Crippen molar-refractivity contribution in [2.24, 2.45) is 11.7 Å². The quantitative estimate of drug-likeness (QED) is 0.730.